The number of hydrogen-bond donors (Lipinski definition) is 2. The van der Waals surface area contributed by atoms with Crippen LogP contribution in [0.15, 0.2) is 24.5 Å². The summed E-state index contributed by atoms with van der Waals surface area (Å²) in [5, 5.41) is 3.37. The molecule has 7 nitrogen and oxygen atoms in total. The number of fused-ring (bicyclic) bond motifs is 1. The van der Waals surface area contributed by atoms with Gasteiger partial charge in [-0.1, -0.05) is 17.9 Å². The molecule has 2 saturated heterocycles. The van der Waals surface area contributed by atoms with Crippen LogP contribution < -0.4 is 5.32 Å². The highest BCUT2D eigenvalue weighted by atomic mass is 16.6. The predicted octanol–water partition coefficient (Wildman–Crippen LogP) is 1.51. The van der Waals surface area contributed by atoms with E-state index in [9.17, 15) is 4.79 Å². The number of morpholine rings is 1. The molecule has 0 unspecified atom stereocenters. The van der Waals surface area contributed by atoms with E-state index in [1.54, 1.807) is 11.2 Å². The number of aromatic nitrogens is 2. The summed E-state index contributed by atoms with van der Waals surface area (Å²) in [5.74, 6) is 5.92. The van der Waals surface area contributed by atoms with E-state index in [-0.39, 0.29) is 18.3 Å². The topological polar surface area (TPSA) is 79.5 Å². The molecule has 2 aliphatic rings. The van der Waals surface area contributed by atoms with Gasteiger partial charge in [-0.3, -0.25) is 0 Å². The summed E-state index contributed by atoms with van der Waals surface area (Å²) in [7, 11) is 0. The monoisotopic (exact) mass is 354 g/mol. The Bertz CT molecular complexity index is 835. The number of imidazole rings is 1. The molecule has 26 heavy (non-hydrogen) atoms. The van der Waals surface area contributed by atoms with Gasteiger partial charge in [-0.2, -0.15) is 0 Å². The van der Waals surface area contributed by atoms with Crippen molar-refractivity contribution in [3.8, 4) is 11.8 Å². The van der Waals surface area contributed by atoms with Gasteiger partial charge in [0.2, 0.25) is 0 Å². The van der Waals surface area contributed by atoms with Crippen molar-refractivity contribution in [1.82, 2.24) is 20.2 Å². The lowest BCUT2D eigenvalue weighted by atomic mass is 9.90. The number of carbonyl (C=O) groups is 1. The van der Waals surface area contributed by atoms with Crippen LogP contribution in [0.1, 0.15) is 18.4 Å². The van der Waals surface area contributed by atoms with Crippen LogP contribution in [0.3, 0.4) is 0 Å². The summed E-state index contributed by atoms with van der Waals surface area (Å²) in [5.41, 5.74) is 2.47. The van der Waals surface area contributed by atoms with Crippen molar-refractivity contribution >= 4 is 17.1 Å². The van der Waals surface area contributed by atoms with Crippen LogP contribution in [0.2, 0.25) is 0 Å². The number of para-hydroxylation sites is 1. The van der Waals surface area contributed by atoms with Gasteiger partial charge in [0.15, 0.2) is 6.61 Å². The van der Waals surface area contributed by atoms with Crippen LogP contribution in [0.25, 0.3) is 11.0 Å². The Balaban J connectivity index is 1.28. The number of amides is 1. The Hall–Kier alpha value is -2.56. The van der Waals surface area contributed by atoms with Crippen molar-refractivity contribution in [3.05, 3.63) is 30.1 Å². The van der Waals surface area contributed by atoms with Crippen LogP contribution in [0, 0.1) is 11.8 Å². The Morgan fingerprint density at radius 2 is 2.27 bits per heavy atom. The number of nitrogens with zero attached hydrogens (tertiary/aromatic N) is 2. The quantitative estimate of drug-likeness (QED) is 0.759. The molecule has 2 N–H and O–H groups in total. The molecular weight excluding hydrogens is 332 g/mol. The standard InChI is InChI=1S/C19H22N4O3/c24-18(23-9-6-19(7-10-23)13-20-8-12-26-19)25-11-2-4-15-3-1-5-16-17(15)22-14-21-16/h1,3,5,14,20H,6-13H2,(H,21,22). The van der Waals surface area contributed by atoms with Gasteiger partial charge in [-0.05, 0) is 25.0 Å². The zero-order valence-electron chi connectivity index (χ0n) is 14.6. The van der Waals surface area contributed by atoms with Gasteiger partial charge in [0.05, 0.1) is 29.6 Å². The summed E-state index contributed by atoms with van der Waals surface area (Å²) in [4.78, 5) is 21.3. The number of H-pyrrole nitrogens is 1. The molecule has 2 fully saturated rings. The Kier molecular flexibility index (Phi) is 4.78. The first-order chi connectivity index (χ1) is 12.8. The molecule has 4 rings (SSSR count). The third-order valence-electron chi connectivity index (χ3n) is 5.01. The second-order valence-electron chi connectivity index (χ2n) is 6.66. The number of nitrogens with one attached hydrogen (secondary N) is 2. The summed E-state index contributed by atoms with van der Waals surface area (Å²) < 4.78 is 11.2. The second-order valence-corrected chi connectivity index (χ2v) is 6.66. The summed E-state index contributed by atoms with van der Waals surface area (Å²) in [6.45, 7) is 3.88. The fraction of sp³-hybridized carbons (Fsp3) is 0.474. The number of piperidine rings is 1. The molecule has 1 aromatic carbocycles. The molecule has 2 aliphatic heterocycles. The lowest BCUT2D eigenvalue weighted by Crippen LogP contribution is -2.56. The summed E-state index contributed by atoms with van der Waals surface area (Å²) in [6.07, 6.45) is 3.00. The molecule has 1 spiro atoms. The fourth-order valence-electron chi connectivity index (χ4n) is 3.51. The van der Waals surface area contributed by atoms with Crippen molar-refractivity contribution in [2.45, 2.75) is 18.4 Å². The van der Waals surface area contributed by atoms with Crippen LogP contribution in [-0.2, 0) is 9.47 Å². The number of aromatic amines is 1. The highest BCUT2D eigenvalue weighted by molar-refractivity contribution is 5.81. The van der Waals surface area contributed by atoms with E-state index in [1.807, 2.05) is 18.2 Å². The Morgan fingerprint density at radius 3 is 3.08 bits per heavy atom. The van der Waals surface area contributed by atoms with Gasteiger partial charge >= 0.3 is 6.09 Å². The number of likely N-dealkylation sites (tertiary alicyclic amines) is 1. The maximum Gasteiger partial charge on any atom is 0.410 e. The molecule has 1 amide bonds. The van der Waals surface area contributed by atoms with Crippen molar-refractivity contribution in [1.29, 1.82) is 0 Å². The smallest absolute Gasteiger partial charge is 0.410 e. The highest BCUT2D eigenvalue weighted by Gasteiger charge is 2.38. The highest BCUT2D eigenvalue weighted by Crippen LogP contribution is 2.27. The van der Waals surface area contributed by atoms with Gasteiger partial charge in [0, 0.05) is 26.2 Å². The first-order valence-electron chi connectivity index (χ1n) is 8.93. The normalized spacial score (nSPS) is 19.2. The molecule has 0 atom stereocenters. The van der Waals surface area contributed by atoms with Crippen molar-refractivity contribution < 1.29 is 14.3 Å². The minimum Gasteiger partial charge on any atom is -0.436 e. The molecule has 0 bridgehead atoms. The van der Waals surface area contributed by atoms with Crippen LogP contribution >= 0.6 is 0 Å². The first kappa shape index (κ1) is 16.9. The van der Waals surface area contributed by atoms with Gasteiger partial charge in [0.25, 0.3) is 0 Å². The van der Waals surface area contributed by atoms with E-state index in [0.717, 1.165) is 49.1 Å². The molecule has 0 radical (unpaired) electrons. The maximum atomic E-state index is 12.2. The third kappa shape index (κ3) is 3.52. The average Bonchev–Trinajstić information content (AvgIpc) is 3.16. The van der Waals surface area contributed by atoms with Gasteiger partial charge in [-0.25, -0.2) is 9.78 Å². The average molecular weight is 354 g/mol. The molecule has 136 valence electrons. The number of hydrogen-bond acceptors (Lipinski definition) is 5. The van der Waals surface area contributed by atoms with Gasteiger partial charge < -0.3 is 24.7 Å². The molecule has 0 saturated carbocycles. The van der Waals surface area contributed by atoms with Crippen LogP contribution in [0.4, 0.5) is 4.79 Å². The van der Waals surface area contributed by atoms with Gasteiger partial charge in [-0.15, -0.1) is 0 Å². The summed E-state index contributed by atoms with van der Waals surface area (Å²) >= 11 is 0. The van der Waals surface area contributed by atoms with Crippen LogP contribution in [0.5, 0.6) is 0 Å². The largest absolute Gasteiger partial charge is 0.436 e. The minimum absolute atomic E-state index is 0.0688. The Labute approximate surface area is 152 Å². The molecule has 2 aromatic rings. The minimum atomic E-state index is -0.309. The summed E-state index contributed by atoms with van der Waals surface area (Å²) in [6, 6.07) is 5.77. The predicted molar refractivity (Wildman–Crippen MR) is 96.7 cm³/mol. The van der Waals surface area contributed by atoms with E-state index in [2.05, 4.69) is 27.1 Å². The molecule has 1 aromatic heterocycles. The van der Waals surface area contributed by atoms with Crippen molar-refractivity contribution in [2.24, 2.45) is 0 Å². The lowest BCUT2D eigenvalue weighted by molar-refractivity contribution is -0.0969. The van der Waals surface area contributed by atoms with Gasteiger partial charge in [0.1, 0.15) is 5.52 Å². The maximum absolute atomic E-state index is 12.2. The third-order valence-corrected chi connectivity index (χ3v) is 5.01. The number of carbonyl (C=O) groups excluding carboxylic acids is 1. The number of benzene rings is 1. The SMILES string of the molecule is O=C(OCC#Cc1cccc2[nH]cnc12)N1CCC2(CC1)CNCCO2. The molecular formula is C19H22N4O3. The molecule has 3 heterocycles. The van der Waals surface area contributed by atoms with E-state index in [1.165, 1.54) is 0 Å². The first-order valence-corrected chi connectivity index (χ1v) is 8.93. The molecule has 0 aliphatic carbocycles. The van der Waals surface area contributed by atoms with E-state index >= 15 is 0 Å². The zero-order valence-corrected chi connectivity index (χ0v) is 14.6. The lowest BCUT2D eigenvalue weighted by Gasteiger charge is -2.43. The Morgan fingerprint density at radius 1 is 1.38 bits per heavy atom. The van der Waals surface area contributed by atoms with E-state index < -0.39 is 0 Å². The molecule has 7 heteroatoms. The zero-order chi connectivity index (χ0) is 17.8. The van der Waals surface area contributed by atoms with E-state index in [0.29, 0.717) is 13.1 Å². The number of ether oxygens (including phenoxy) is 2. The van der Waals surface area contributed by atoms with E-state index in [4.69, 9.17) is 9.47 Å². The number of rotatable bonds is 1. The van der Waals surface area contributed by atoms with Crippen molar-refractivity contribution in [2.75, 3.05) is 39.4 Å². The second kappa shape index (κ2) is 7.36. The van der Waals surface area contributed by atoms with Crippen LogP contribution in [-0.4, -0.2) is 66.0 Å². The fourth-order valence-corrected chi connectivity index (χ4v) is 3.51. The van der Waals surface area contributed by atoms with Crippen molar-refractivity contribution in [3.63, 3.8) is 0 Å².